The fourth-order valence-corrected chi connectivity index (χ4v) is 3.71. The number of oxime groups is 1. The highest BCUT2D eigenvalue weighted by Gasteiger charge is 2.13. The lowest BCUT2D eigenvalue weighted by Crippen LogP contribution is -2.33. The molecule has 3 N–H and O–H groups in total. The Labute approximate surface area is 157 Å². The molecule has 0 amide bonds. The van der Waals surface area contributed by atoms with Crippen molar-refractivity contribution in [3.8, 4) is 22.8 Å². The van der Waals surface area contributed by atoms with Gasteiger partial charge in [0.05, 0.1) is 12.8 Å². The smallest absolute Gasteiger partial charge is 0.199 e. The van der Waals surface area contributed by atoms with Crippen LogP contribution in [0.4, 0.5) is 0 Å². The van der Waals surface area contributed by atoms with Crippen molar-refractivity contribution >= 4 is 17.2 Å². The van der Waals surface area contributed by atoms with Crippen LogP contribution in [0.3, 0.4) is 0 Å². The summed E-state index contributed by atoms with van der Waals surface area (Å²) in [6.45, 7) is 3.89. The number of thiazole rings is 1. The Balaban J connectivity index is 1.66. The Morgan fingerprint density at radius 3 is 2.85 bits per heavy atom. The third-order valence-electron chi connectivity index (χ3n) is 4.40. The largest absolute Gasteiger partial charge is 0.493 e. The van der Waals surface area contributed by atoms with Gasteiger partial charge in [0.1, 0.15) is 6.61 Å². The molecule has 26 heavy (non-hydrogen) atoms. The molecule has 0 aliphatic carbocycles. The number of likely N-dealkylation sites (tertiary alicyclic amines) is 1. The molecule has 1 aromatic carbocycles. The molecule has 0 radical (unpaired) electrons. The first-order chi connectivity index (χ1) is 12.7. The number of hydrogen-bond donors (Lipinski definition) is 2. The summed E-state index contributed by atoms with van der Waals surface area (Å²) in [5.74, 6) is 1.39. The first kappa shape index (κ1) is 18.5. The van der Waals surface area contributed by atoms with Crippen molar-refractivity contribution in [2.24, 2.45) is 10.9 Å². The molecule has 0 spiro atoms. The van der Waals surface area contributed by atoms with Gasteiger partial charge in [-0.15, -0.1) is 11.3 Å². The minimum atomic E-state index is 0.00545. The summed E-state index contributed by atoms with van der Waals surface area (Å²) >= 11 is 1.32. The molecule has 1 saturated heterocycles. The first-order valence-electron chi connectivity index (χ1n) is 8.68. The standard InChI is InChI=1S/C18H24N4O3S/c1-24-16-11-13(14-12-26-18(20-14)17(19)21-23)5-6-15(16)25-10-9-22-7-3-2-4-8-22/h5-6,11-12,23H,2-4,7-10H2,1H3,(H2,19,21). The molecule has 2 heterocycles. The van der Waals surface area contributed by atoms with Gasteiger partial charge < -0.3 is 20.4 Å². The first-order valence-corrected chi connectivity index (χ1v) is 9.56. The molecule has 1 aromatic heterocycles. The van der Waals surface area contributed by atoms with Crippen LogP contribution < -0.4 is 15.2 Å². The predicted molar refractivity (Wildman–Crippen MR) is 102 cm³/mol. The molecule has 0 unspecified atom stereocenters. The second kappa shape index (κ2) is 8.86. The second-order valence-electron chi connectivity index (χ2n) is 6.14. The Morgan fingerprint density at radius 2 is 2.12 bits per heavy atom. The summed E-state index contributed by atoms with van der Waals surface area (Å²) in [4.78, 5) is 6.82. The Hall–Kier alpha value is -2.32. The van der Waals surface area contributed by atoms with Crippen molar-refractivity contribution in [2.75, 3.05) is 33.4 Å². The topological polar surface area (TPSA) is 93.2 Å². The Kier molecular flexibility index (Phi) is 6.30. The van der Waals surface area contributed by atoms with E-state index in [9.17, 15) is 0 Å². The fraction of sp³-hybridized carbons (Fsp3) is 0.444. The highest BCUT2D eigenvalue weighted by Crippen LogP contribution is 2.33. The van der Waals surface area contributed by atoms with Gasteiger partial charge in [0.25, 0.3) is 0 Å². The number of benzene rings is 1. The molecule has 3 rings (SSSR count). The van der Waals surface area contributed by atoms with E-state index in [2.05, 4.69) is 15.0 Å². The van der Waals surface area contributed by atoms with Gasteiger partial charge in [0.2, 0.25) is 0 Å². The summed E-state index contributed by atoms with van der Waals surface area (Å²) in [6.07, 6.45) is 3.89. The van der Waals surface area contributed by atoms with Gasteiger partial charge in [0.15, 0.2) is 22.3 Å². The summed E-state index contributed by atoms with van der Waals surface area (Å²) in [5.41, 5.74) is 7.21. The third-order valence-corrected chi connectivity index (χ3v) is 5.27. The molecule has 0 atom stereocenters. The van der Waals surface area contributed by atoms with E-state index in [0.29, 0.717) is 17.4 Å². The van der Waals surface area contributed by atoms with Gasteiger partial charge in [-0.2, -0.15) is 0 Å². The van der Waals surface area contributed by atoms with Crippen LogP contribution in [-0.4, -0.2) is 54.3 Å². The van der Waals surface area contributed by atoms with E-state index in [1.54, 1.807) is 7.11 Å². The Morgan fingerprint density at radius 1 is 1.31 bits per heavy atom. The van der Waals surface area contributed by atoms with Gasteiger partial charge in [-0.05, 0) is 44.1 Å². The molecular weight excluding hydrogens is 352 g/mol. The molecule has 140 valence electrons. The number of piperidine rings is 1. The van der Waals surface area contributed by atoms with E-state index in [-0.39, 0.29) is 5.84 Å². The van der Waals surface area contributed by atoms with Crippen molar-refractivity contribution in [1.29, 1.82) is 0 Å². The van der Waals surface area contributed by atoms with Gasteiger partial charge in [-0.25, -0.2) is 4.98 Å². The highest BCUT2D eigenvalue weighted by atomic mass is 32.1. The minimum Gasteiger partial charge on any atom is -0.493 e. The monoisotopic (exact) mass is 376 g/mol. The van der Waals surface area contributed by atoms with Crippen LogP contribution in [0.25, 0.3) is 11.3 Å². The van der Waals surface area contributed by atoms with Crippen LogP contribution in [-0.2, 0) is 0 Å². The molecular formula is C18H24N4O3S. The molecule has 7 nitrogen and oxygen atoms in total. The van der Waals surface area contributed by atoms with Crippen LogP contribution in [0.5, 0.6) is 11.5 Å². The molecule has 2 aromatic rings. The van der Waals surface area contributed by atoms with Crippen LogP contribution in [0, 0.1) is 0 Å². The number of methoxy groups -OCH3 is 1. The maximum atomic E-state index is 8.75. The number of hydrogen-bond acceptors (Lipinski definition) is 7. The quantitative estimate of drug-likeness (QED) is 0.334. The van der Waals surface area contributed by atoms with Gasteiger partial charge in [-0.3, -0.25) is 4.90 Å². The van der Waals surface area contributed by atoms with Gasteiger partial charge in [-0.1, -0.05) is 11.6 Å². The normalized spacial score (nSPS) is 15.8. The zero-order valence-corrected chi connectivity index (χ0v) is 15.7. The molecule has 0 saturated carbocycles. The van der Waals surface area contributed by atoms with E-state index >= 15 is 0 Å². The van der Waals surface area contributed by atoms with Crippen molar-refractivity contribution in [2.45, 2.75) is 19.3 Å². The van der Waals surface area contributed by atoms with Crippen molar-refractivity contribution in [3.05, 3.63) is 28.6 Å². The number of nitrogens with two attached hydrogens (primary N) is 1. The fourth-order valence-electron chi connectivity index (χ4n) is 2.98. The number of ether oxygens (including phenoxy) is 2. The van der Waals surface area contributed by atoms with Crippen LogP contribution >= 0.6 is 11.3 Å². The minimum absolute atomic E-state index is 0.00545. The lowest BCUT2D eigenvalue weighted by Gasteiger charge is -2.26. The van der Waals surface area contributed by atoms with E-state index in [0.717, 1.165) is 36.6 Å². The third kappa shape index (κ3) is 4.44. The van der Waals surface area contributed by atoms with Crippen molar-refractivity contribution in [3.63, 3.8) is 0 Å². The molecule has 1 fully saturated rings. The van der Waals surface area contributed by atoms with Crippen molar-refractivity contribution < 1.29 is 14.7 Å². The summed E-state index contributed by atoms with van der Waals surface area (Å²) < 4.78 is 11.4. The van der Waals surface area contributed by atoms with Crippen molar-refractivity contribution in [1.82, 2.24) is 9.88 Å². The average molecular weight is 376 g/mol. The van der Waals surface area contributed by atoms with Gasteiger partial charge in [0, 0.05) is 17.5 Å². The van der Waals surface area contributed by atoms with E-state index < -0.39 is 0 Å². The number of rotatable bonds is 7. The summed E-state index contributed by atoms with van der Waals surface area (Å²) in [5, 5.41) is 14.1. The lowest BCUT2D eigenvalue weighted by atomic mass is 10.1. The van der Waals surface area contributed by atoms with E-state index in [4.69, 9.17) is 20.4 Å². The average Bonchev–Trinajstić information content (AvgIpc) is 3.18. The summed E-state index contributed by atoms with van der Waals surface area (Å²) in [7, 11) is 1.62. The van der Waals surface area contributed by atoms with E-state index in [1.165, 1.54) is 30.6 Å². The maximum Gasteiger partial charge on any atom is 0.199 e. The second-order valence-corrected chi connectivity index (χ2v) is 7.00. The number of amidine groups is 1. The summed E-state index contributed by atoms with van der Waals surface area (Å²) in [6, 6.07) is 5.72. The Bertz CT molecular complexity index is 757. The SMILES string of the molecule is COc1cc(-c2csc(/C(N)=N\O)n2)ccc1OCCN1CCCCC1. The van der Waals surface area contributed by atoms with Crippen LogP contribution in [0.1, 0.15) is 24.3 Å². The number of aromatic nitrogens is 1. The van der Waals surface area contributed by atoms with E-state index in [1.807, 2.05) is 23.6 Å². The molecule has 1 aliphatic heterocycles. The molecule has 8 heteroatoms. The van der Waals surface area contributed by atoms with Crippen LogP contribution in [0.15, 0.2) is 28.7 Å². The highest BCUT2D eigenvalue weighted by molar-refractivity contribution is 7.12. The maximum absolute atomic E-state index is 8.75. The van der Waals surface area contributed by atoms with Crippen LogP contribution in [0.2, 0.25) is 0 Å². The zero-order valence-electron chi connectivity index (χ0n) is 14.9. The van der Waals surface area contributed by atoms with Gasteiger partial charge >= 0.3 is 0 Å². The molecule has 0 bridgehead atoms. The number of nitrogens with zero attached hydrogens (tertiary/aromatic N) is 3. The lowest BCUT2D eigenvalue weighted by molar-refractivity contribution is 0.180. The predicted octanol–water partition coefficient (Wildman–Crippen LogP) is 2.78. The molecule has 1 aliphatic rings. The zero-order chi connectivity index (χ0) is 18.4.